The summed E-state index contributed by atoms with van der Waals surface area (Å²) in [4.78, 5) is 25.0. The number of benzene rings is 2. The van der Waals surface area contributed by atoms with Crippen molar-refractivity contribution in [3.8, 4) is 11.4 Å². The zero-order chi connectivity index (χ0) is 22.7. The van der Waals surface area contributed by atoms with E-state index in [0.29, 0.717) is 28.1 Å². The number of aromatic nitrogens is 1. The molecule has 0 aliphatic heterocycles. The molecule has 0 atom stereocenters. The van der Waals surface area contributed by atoms with Gasteiger partial charge in [0.25, 0.3) is 5.56 Å². The number of hydrogen-bond donors (Lipinski definition) is 1. The Hall–Kier alpha value is -3.16. The average molecular weight is 445 g/mol. The third-order valence-electron chi connectivity index (χ3n) is 4.94. The van der Waals surface area contributed by atoms with Crippen molar-refractivity contribution in [2.75, 3.05) is 7.11 Å². The van der Waals surface area contributed by atoms with Crippen LogP contribution >= 0.6 is 11.6 Å². The summed E-state index contributed by atoms with van der Waals surface area (Å²) in [6, 6.07) is 10.8. The normalized spacial score (nSPS) is 10.8. The molecule has 1 heterocycles. The summed E-state index contributed by atoms with van der Waals surface area (Å²) in [6.07, 6.45) is 0. The first kappa shape index (κ1) is 22.5. The van der Waals surface area contributed by atoms with Crippen LogP contribution in [0.2, 0.25) is 5.02 Å². The summed E-state index contributed by atoms with van der Waals surface area (Å²) in [6.45, 7) is 3.79. The van der Waals surface area contributed by atoms with Gasteiger partial charge in [-0.15, -0.1) is 0 Å². The smallest absolute Gasteiger partial charge is 0.337 e. The molecule has 0 saturated carbocycles. The first-order valence-electron chi connectivity index (χ1n) is 9.48. The molecule has 2 N–H and O–H groups in total. The van der Waals surface area contributed by atoms with E-state index in [1.165, 1.54) is 23.8 Å². The van der Waals surface area contributed by atoms with E-state index >= 15 is 0 Å². The Balaban J connectivity index is 1.99. The second-order valence-electron chi connectivity index (χ2n) is 7.00. The average Bonchev–Trinajstić information content (AvgIpc) is 2.76. The predicted molar refractivity (Wildman–Crippen MR) is 116 cm³/mol. The molecule has 0 radical (unpaired) electrons. The third-order valence-corrected chi connectivity index (χ3v) is 5.29. The lowest BCUT2D eigenvalue weighted by molar-refractivity contribution is 0.0600. The standard InChI is InChI=1S/C23H22ClFN2O4/c1-13-4-5-15(23(29)30-3)10-19(13)27-14(2)8-20(21(24)22(27)28)31-12-16-6-7-18(25)9-17(16)11-26/h4-10H,11-12,26H2,1-3H3. The van der Waals surface area contributed by atoms with Gasteiger partial charge in [-0.2, -0.15) is 0 Å². The van der Waals surface area contributed by atoms with Gasteiger partial charge in [-0.25, -0.2) is 9.18 Å². The molecule has 8 heteroatoms. The van der Waals surface area contributed by atoms with E-state index in [1.807, 2.05) is 6.92 Å². The summed E-state index contributed by atoms with van der Waals surface area (Å²) in [7, 11) is 1.29. The second kappa shape index (κ2) is 9.32. The molecule has 0 bridgehead atoms. The van der Waals surface area contributed by atoms with Gasteiger partial charge in [0.05, 0.1) is 18.4 Å². The molecule has 0 aliphatic carbocycles. The van der Waals surface area contributed by atoms with E-state index in [2.05, 4.69) is 0 Å². The van der Waals surface area contributed by atoms with Crippen LogP contribution in [0.5, 0.6) is 5.75 Å². The van der Waals surface area contributed by atoms with Gasteiger partial charge in [0.15, 0.2) is 0 Å². The maximum atomic E-state index is 13.4. The van der Waals surface area contributed by atoms with Gasteiger partial charge in [-0.1, -0.05) is 23.7 Å². The summed E-state index contributed by atoms with van der Waals surface area (Å²) >= 11 is 6.33. The van der Waals surface area contributed by atoms with E-state index < -0.39 is 11.5 Å². The molecule has 31 heavy (non-hydrogen) atoms. The van der Waals surface area contributed by atoms with Crippen LogP contribution in [0.15, 0.2) is 47.3 Å². The molecule has 3 aromatic rings. The summed E-state index contributed by atoms with van der Waals surface area (Å²) in [5.74, 6) is -0.687. The van der Waals surface area contributed by atoms with E-state index in [-0.39, 0.29) is 29.7 Å². The van der Waals surface area contributed by atoms with Crippen LogP contribution < -0.4 is 16.0 Å². The maximum Gasteiger partial charge on any atom is 0.337 e. The topological polar surface area (TPSA) is 83.6 Å². The number of esters is 1. The van der Waals surface area contributed by atoms with E-state index in [9.17, 15) is 14.0 Å². The number of aryl methyl sites for hydroxylation is 2. The van der Waals surface area contributed by atoms with Crippen molar-refractivity contribution in [1.29, 1.82) is 0 Å². The minimum Gasteiger partial charge on any atom is -0.487 e. The number of ether oxygens (including phenoxy) is 2. The Labute approximate surface area is 184 Å². The van der Waals surface area contributed by atoms with Crippen LogP contribution in [-0.4, -0.2) is 17.6 Å². The van der Waals surface area contributed by atoms with Crippen LogP contribution in [0.3, 0.4) is 0 Å². The van der Waals surface area contributed by atoms with Gasteiger partial charge in [0, 0.05) is 18.3 Å². The van der Waals surface area contributed by atoms with Gasteiger partial charge in [-0.3, -0.25) is 9.36 Å². The minimum atomic E-state index is -0.506. The monoisotopic (exact) mass is 444 g/mol. The molecule has 1 aromatic heterocycles. The maximum absolute atomic E-state index is 13.4. The fourth-order valence-corrected chi connectivity index (χ4v) is 3.46. The van der Waals surface area contributed by atoms with Gasteiger partial charge in [0.1, 0.15) is 23.2 Å². The quantitative estimate of drug-likeness (QED) is 0.579. The molecule has 6 nitrogen and oxygen atoms in total. The zero-order valence-electron chi connectivity index (χ0n) is 17.4. The summed E-state index contributed by atoms with van der Waals surface area (Å²) < 4.78 is 25.4. The minimum absolute atomic E-state index is 0.0757. The number of carbonyl (C=O) groups excluding carboxylic acids is 1. The highest BCUT2D eigenvalue weighted by atomic mass is 35.5. The Bertz CT molecular complexity index is 1210. The van der Waals surface area contributed by atoms with Crippen molar-refractivity contribution in [3.05, 3.63) is 91.6 Å². The molecule has 0 amide bonds. The molecule has 3 rings (SSSR count). The lowest BCUT2D eigenvalue weighted by atomic mass is 10.1. The Morgan fingerprint density at radius 3 is 2.55 bits per heavy atom. The van der Waals surface area contributed by atoms with Crippen molar-refractivity contribution in [2.24, 2.45) is 5.73 Å². The number of nitrogens with two attached hydrogens (primary N) is 1. The number of carbonyl (C=O) groups is 1. The Morgan fingerprint density at radius 2 is 1.87 bits per heavy atom. The fourth-order valence-electron chi connectivity index (χ4n) is 3.26. The van der Waals surface area contributed by atoms with Crippen LogP contribution in [0.1, 0.15) is 32.7 Å². The van der Waals surface area contributed by atoms with E-state index in [4.69, 9.17) is 26.8 Å². The van der Waals surface area contributed by atoms with Crippen LogP contribution in [0.4, 0.5) is 4.39 Å². The Morgan fingerprint density at radius 1 is 1.13 bits per heavy atom. The fraction of sp³-hybridized carbons (Fsp3) is 0.217. The first-order valence-corrected chi connectivity index (χ1v) is 9.86. The zero-order valence-corrected chi connectivity index (χ0v) is 18.1. The largest absolute Gasteiger partial charge is 0.487 e. The van der Waals surface area contributed by atoms with Crippen LogP contribution in [0, 0.1) is 19.7 Å². The molecule has 162 valence electrons. The summed E-state index contributed by atoms with van der Waals surface area (Å²) in [5.41, 5.74) is 8.67. The van der Waals surface area contributed by atoms with Crippen molar-refractivity contribution < 1.29 is 18.7 Å². The molecule has 0 unspecified atom stereocenters. The molecular formula is C23H22ClFN2O4. The number of pyridine rings is 1. The number of halogens is 2. The number of hydrogen-bond acceptors (Lipinski definition) is 5. The highest BCUT2D eigenvalue weighted by Gasteiger charge is 2.17. The van der Waals surface area contributed by atoms with Gasteiger partial charge >= 0.3 is 5.97 Å². The Kier molecular flexibility index (Phi) is 6.77. The van der Waals surface area contributed by atoms with Crippen LogP contribution in [-0.2, 0) is 17.9 Å². The highest BCUT2D eigenvalue weighted by Crippen LogP contribution is 2.26. The van der Waals surface area contributed by atoms with Gasteiger partial charge in [0.2, 0.25) is 0 Å². The lowest BCUT2D eigenvalue weighted by Gasteiger charge is -2.17. The molecule has 0 aliphatic rings. The molecular weight excluding hydrogens is 423 g/mol. The van der Waals surface area contributed by atoms with E-state index in [1.54, 1.807) is 37.3 Å². The molecule has 0 spiro atoms. The van der Waals surface area contributed by atoms with Crippen molar-refractivity contribution in [1.82, 2.24) is 4.57 Å². The molecule has 0 fully saturated rings. The number of methoxy groups -OCH3 is 1. The van der Waals surface area contributed by atoms with E-state index in [0.717, 1.165) is 5.56 Å². The predicted octanol–water partition coefficient (Wildman–Crippen LogP) is 4.07. The van der Waals surface area contributed by atoms with Gasteiger partial charge in [-0.05, 0) is 54.8 Å². The lowest BCUT2D eigenvalue weighted by Crippen LogP contribution is -2.23. The van der Waals surface area contributed by atoms with Crippen molar-refractivity contribution >= 4 is 17.6 Å². The number of nitrogens with zero attached hydrogens (tertiary/aromatic N) is 1. The summed E-state index contributed by atoms with van der Waals surface area (Å²) in [5, 5.41) is -0.107. The second-order valence-corrected chi connectivity index (χ2v) is 7.38. The SMILES string of the molecule is COC(=O)c1ccc(C)c(-n2c(C)cc(OCc3ccc(F)cc3CN)c(Cl)c2=O)c1. The molecule has 0 saturated heterocycles. The van der Waals surface area contributed by atoms with Gasteiger partial charge < -0.3 is 15.2 Å². The van der Waals surface area contributed by atoms with Crippen molar-refractivity contribution in [3.63, 3.8) is 0 Å². The third kappa shape index (κ3) is 4.62. The van der Waals surface area contributed by atoms with Crippen LogP contribution in [0.25, 0.3) is 5.69 Å². The first-order chi connectivity index (χ1) is 14.8. The molecule has 2 aromatic carbocycles. The van der Waals surface area contributed by atoms with Crippen molar-refractivity contribution in [2.45, 2.75) is 27.0 Å². The number of rotatable bonds is 6. The highest BCUT2D eigenvalue weighted by molar-refractivity contribution is 6.31.